The zero-order chi connectivity index (χ0) is 14.9. The molecule has 1 atom stereocenters. The van der Waals surface area contributed by atoms with Crippen molar-refractivity contribution in [1.29, 1.82) is 0 Å². The summed E-state index contributed by atoms with van der Waals surface area (Å²) in [6.45, 7) is 6.72. The Hall–Kier alpha value is -0.0200. The maximum absolute atomic E-state index is 6.06. The van der Waals surface area contributed by atoms with Gasteiger partial charge in [-0.1, -0.05) is 66.0 Å². The second-order valence-corrected chi connectivity index (χ2v) is 8.91. The summed E-state index contributed by atoms with van der Waals surface area (Å²) >= 11 is 17.7. The largest absolute Gasteiger partial charge is 0.144 e. The smallest absolute Gasteiger partial charge is 0.0595 e. The van der Waals surface area contributed by atoms with Crippen LogP contribution in [0.1, 0.15) is 40.9 Å². The highest BCUT2D eigenvalue weighted by Crippen LogP contribution is 2.37. The molecule has 2 aromatic rings. The van der Waals surface area contributed by atoms with Crippen molar-refractivity contribution in [2.24, 2.45) is 0 Å². The monoisotopic (exact) mass is 390 g/mol. The zero-order valence-electron chi connectivity index (χ0n) is 11.7. The lowest BCUT2D eigenvalue weighted by Gasteiger charge is -2.15. The first-order valence-electron chi connectivity index (χ1n) is 6.45. The van der Waals surface area contributed by atoms with Crippen LogP contribution in [-0.4, -0.2) is 0 Å². The molecule has 0 saturated heterocycles. The van der Waals surface area contributed by atoms with Gasteiger partial charge in [-0.15, -0.1) is 11.3 Å². The van der Waals surface area contributed by atoms with Crippen molar-refractivity contribution in [2.75, 3.05) is 0 Å². The molecule has 0 bridgehead atoms. The number of alkyl halides is 1. The molecule has 0 N–H and O–H groups in total. The van der Waals surface area contributed by atoms with Crippen molar-refractivity contribution in [3.8, 4) is 0 Å². The van der Waals surface area contributed by atoms with E-state index in [9.17, 15) is 0 Å². The molecule has 0 aliphatic rings. The van der Waals surface area contributed by atoms with Crippen LogP contribution in [0.5, 0.6) is 0 Å². The van der Waals surface area contributed by atoms with E-state index in [1.807, 2.05) is 29.5 Å². The van der Waals surface area contributed by atoms with Crippen molar-refractivity contribution >= 4 is 50.5 Å². The van der Waals surface area contributed by atoms with Crippen molar-refractivity contribution in [2.45, 2.75) is 37.4 Å². The number of rotatable bonds is 3. The number of hydrogen-bond donors (Lipinski definition) is 0. The van der Waals surface area contributed by atoms with E-state index in [4.69, 9.17) is 23.2 Å². The van der Waals surface area contributed by atoms with Crippen LogP contribution in [0.4, 0.5) is 0 Å². The van der Waals surface area contributed by atoms with E-state index >= 15 is 0 Å². The van der Waals surface area contributed by atoms with Gasteiger partial charge in [0.25, 0.3) is 0 Å². The SMILES string of the molecule is CC(C)(C)c1ccc(C(Br)Cc2ccc(Cl)c(Cl)c2)s1. The Labute approximate surface area is 143 Å². The molecule has 0 saturated carbocycles. The van der Waals surface area contributed by atoms with Crippen LogP contribution in [0, 0.1) is 0 Å². The molecule has 0 fully saturated rings. The molecule has 1 heterocycles. The lowest BCUT2D eigenvalue weighted by molar-refractivity contribution is 0.604. The fraction of sp³-hybridized carbons (Fsp3) is 0.375. The van der Waals surface area contributed by atoms with Crippen molar-refractivity contribution in [3.63, 3.8) is 0 Å². The second kappa shape index (κ2) is 6.39. The minimum Gasteiger partial charge on any atom is -0.144 e. The normalized spacial score (nSPS) is 13.5. The van der Waals surface area contributed by atoms with E-state index in [2.05, 4.69) is 48.8 Å². The van der Waals surface area contributed by atoms with Crippen LogP contribution in [0.15, 0.2) is 30.3 Å². The molecule has 108 valence electrons. The number of halogens is 3. The molecule has 0 aliphatic carbocycles. The van der Waals surface area contributed by atoms with Gasteiger partial charge in [-0.2, -0.15) is 0 Å². The first-order chi connectivity index (χ1) is 9.27. The van der Waals surface area contributed by atoms with Crippen molar-refractivity contribution in [3.05, 3.63) is 55.7 Å². The third-order valence-electron chi connectivity index (χ3n) is 3.07. The van der Waals surface area contributed by atoms with E-state index in [-0.39, 0.29) is 5.41 Å². The summed E-state index contributed by atoms with van der Waals surface area (Å²) in [5.41, 5.74) is 1.39. The predicted molar refractivity (Wildman–Crippen MR) is 94.9 cm³/mol. The molecule has 0 nitrogen and oxygen atoms in total. The number of thiophene rings is 1. The van der Waals surface area contributed by atoms with Gasteiger partial charge in [-0.3, -0.25) is 0 Å². The van der Waals surface area contributed by atoms with E-state index in [1.54, 1.807) is 0 Å². The van der Waals surface area contributed by atoms with Crippen LogP contribution in [0.2, 0.25) is 10.0 Å². The molecule has 0 spiro atoms. The quantitative estimate of drug-likeness (QED) is 0.492. The summed E-state index contributed by atoms with van der Waals surface area (Å²) in [6.07, 6.45) is 0.904. The Morgan fingerprint density at radius 3 is 2.35 bits per heavy atom. The predicted octanol–water partition coefficient (Wildman–Crippen LogP) is 7.03. The topological polar surface area (TPSA) is 0 Å². The molecule has 1 unspecified atom stereocenters. The van der Waals surface area contributed by atoms with Crippen LogP contribution >= 0.6 is 50.5 Å². The summed E-state index contributed by atoms with van der Waals surface area (Å²) in [6, 6.07) is 10.3. The van der Waals surface area contributed by atoms with E-state index in [1.165, 1.54) is 15.3 Å². The van der Waals surface area contributed by atoms with Gasteiger partial charge in [0.05, 0.1) is 14.9 Å². The summed E-state index contributed by atoms with van der Waals surface area (Å²) in [5, 5.41) is 1.22. The average molecular weight is 392 g/mol. The summed E-state index contributed by atoms with van der Waals surface area (Å²) in [5.74, 6) is 0. The number of benzene rings is 1. The minimum atomic E-state index is 0.208. The maximum atomic E-state index is 6.06. The van der Waals surface area contributed by atoms with Crippen molar-refractivity contribution < 1.29 is 0 Å². The standard InChI is InChI=1S/C16H17BrCl2S/c1-16(2,3)15-7-6-14(20-15)11(17)8-10-4-5-12(18)13(19)9-10/h4-7,9,11H,8H2,1-3H3. The Balaban J connectivity index is 2.13. The Morgan fingerprint density at radius 1 is 1.10 bits per heavy atom. The highest BCUT2D eigenvalue weighted by atomic mass is 79.9. The summed E-state index contributed by atoms with van der Waals surface area (Å²) < 4.78 is 0. The van der Waals surface area contributed by atoms with Gasteiger partial charge in [0, 0.05) is 9.75 Å². The third kappa shape index (κ3) is 4.00. The summed E-state index contributed by atoms with van der Waals surface area (Å²) in [7, 11) is 0. The number of hydrogen-bond acceptors (Lipinski definition) is 1. The van der Waals surface area contributed by atoms with Gasteiger partial charge in [-0.25, -0.2) is 0 Å². The molecule has 0 amide bonds. The minimum absolute atomic E-state index is 0.208. The van der Waals surface area contributed by atoms with Crippen LogP contribution in [-0.2, 0) is 11.8 Å². The molecule has 4 heteroatoms. The first-order valence-corrected chi connectivity index (χ1v) is 8.94. The zero-order valence-corrected chi connectivity index (χ0v) is 15.6. The molecule has 2 rings (SSSR count). The highest BCUT2D eigenvalue weighted by Gasteiger charge is 2.19. The third-order valence-corrected chi connectivity index (χ3v) is 6.56. The lowest BCUT2D eigenvalue weighted by atomic mass is 9.95. The Morgan fingerprint density at radius 2 is 1.80 bits per heavy atom. The van der Waals surface area contributed by atoms with Gasteiger partial charge in [0.15, 0.2) is 0 Å². The molecule has 1 aromatic heterocycles. The van der Waals surface area contributed by atoms with Crippen molar-refractivity contribution in [1.82, 2.24) is 0 Å². The van der Waals surface area contributed by atoms with Gasteiger partial charge in [0.1, 0.15) is 0 Å². The van der Waals surface area contributed by atoms with E-state index in [0.29, 0.717) is 14.9 Å². The average Bonchev–Trinajstić information content (AvgIpc) is 2.83. The highest BCUT2D eigenvalue weighted by molar-refractivity contribution is 9.09. The van der Waals surface area contributed by atoms with Crippen LogP contribution in [0.3, 0.4) is 0 Å². The Kier molecular flexibility index (Phi) is 5.23. The molecule has 1 aromatic carbocycles. The Bertz CT molecular complexity index is 599. The van der Waals surface area contributed by atoms with Crippen LogP contribution < -0.4 is 0 Å². The molecule has 0 aliphatic heterocycles. The molecular formula is C16H17BrCl2S. The molecular weight excluding hydrogens is 375 g/mol. The molecule has 20 heavy (non-hydrogen) atoms. The van der Waals surface area contributed by atoms with Gasteiger partial charge < -0.3 is 0 Å². The lowest BCUT2D eigenvalue weighted by Crippen LogP contribution is -2.07. The fourth-order valence-electron chi connectivity index (χ4n) is 1.90. The van der Waals surface area contributed by atoms with Gasteiger partial charge in [0.2, 0.25) is 0 Å². The van der Waals surface area contributed by atoms with E-state index in [0.717, 1.165) is 6.42 Å². The maximum Gasteiger partial charge on any atom is 0.0595 e. The molecule has 0 radical (unpaired) electrons. The van der Waals surface area contributed by atoms with Crippen LogP contribution in [0.25, 0.3) is 0 Å². The van der Waals surface area contributed by atoms with E-state index < -0.39 is 0 Å². The fourth-order valence-corrected chi connectivity index (χ4v) is 4.07. The van der Waals surface area contributed by atoms with Gasteiger partial charge in [-0.05, 0) is 41.7 Å². The summed E-state index contributed by atoms with van der Waals surface area (Å²) in [4.78, 5) is 3.06. The first kappa shape index (κ1) is 16.4. The second-order valence-electron chi connectivity index (χ2n) is 5.87. The van der Waals surface area contributed by atoms with Gasteiger partial charge >= 0.3 is 0 Å².